The molecule has 27 heavy (non-hydrogen) atoms. The third kappa shape index (κ3) is 5.63. The zero-order valence-corrected chi connectivity index (χ0v) is 20.3. The summed E-state index contributed by atoms with van der Waals surface area (Å²) in [4.78, 5) is 0. The largest absolute Gasteiger partial charge is 1.00 e. The maximum atomic E-state index is 3.76. The molecule has 0 heterocycles. The van der Waals surface area contributed by atoms with Gasteiger partial charge in [-0.25, -0.2) is 0 Å². The summed E-state index contributed by atoms with van der Waals surface area (Å²) in [5, 5.41) is 0. The molecule has 3 heteroatoms. The minimum absolute atomic E-state index is 0. The topological polar surface area (TPSA) is 0 Å². The maximum Gasteiger partial charge on any atom is -1.00 e. The summed E-state index contributed by atoms with van der Waals surface area (Å²) in [5.41, 5.74) is 8.39. The van der Waals surface area contributed by atoms with Crippen LogP contribution in [0.25, 0.3) is 11.1 Å². The molecule has 0 N–H and O–H groups in total. The Morgan fingerprint density at radius 2 is 1.63 bits per heavy atom. The fraction of sp³-hybridized carbons (Fsp3) is 0.292. The summed E-state index contributed by atoms with van der Waals surface area (Å²) in [5.74, 6) is 0.924. The van der Waals surface area contributed by atoms with Crippen molar-refractivity contribution in [3.63, 3.8) is 0 Å². The van der Waals surface area contributed by atoms with Crippen LogP contribution >= 0.6 is 0 Å². The SMILES string of the molecule is CC(C)c1cc2c([c-]c1C1C=CC=C1)Cc1ccccc1-2.C[C](C)=[Zr+2].[Cl-].[Cl-]. The van der Waals surface area contributed by atoms with E-state index in [2.05, 4.69) is 88.4 Å². The third-order valence-corrected chi connectivity index (χ3v) is 4.60. The number of rotatable bonds is 2. The van der Waals surface area contributed by atoms with Crippen molar-refractivity contribution in [3.05, 3.63) is 83.0 Å². The van der Waals surface area contributed by atoms with Crippen LogP contribution in [0.4, 0.5) is 0 Å². The summed E-state index contributed by atoms with van der Waals surface area (Å²) in [6.07, 6.45) is 9.85. The minimum atomic E-state index is 0. The fourth-order valence-electron chi connectivity index (χ4n) is 3.51. The first-order valence-electron chi connectivity index (χ1n) is 9.01. The van der Waals surface area contributed by atoms with E-state index in [0.29, 0.717) is 11.8 Å². The quantitative estimate of drug-likeness (QED) is 0.463. The van der Waals surface area contributed by atoms with E-state index in [1.807, 2.05) is 0 Å². The van der Waals surface area contributed by atoms with Gasteiger partial charge in [-0.05, 0) is 12.3 Å². The van der Waals surface area contributed by atoms with Gasteiger partial charge in [0.2, 0.25) is 0 Å². The van der Waals surface area contributed by atoms with Crippen molar-refractivity contribution in [1.82, 2.24) is 0 Å². The average Bonchev–Trinajstić information content (AvgIpc) is 3.20. The van der Waals surface area contributed by atoms with Gasteiger partial charge in [-0.3, -0.25) is 0 Å². The van der Waals surface area contributed by atoms with E-state index in [1.165, 1.54) is 36.6 Å². The summed E-state index contributed by atoms with van der Waals surface area (Å²) in [6, 6.07) is 14.9. The van der Waals surface area contributed by atoms with Crippen LogP contribution in [0, 0.1) is 6.07 Å². The number of hydrogen-bond donors (Lipinski definition) is 0. The number of halogens is 2. The van der Waals surface area contributed by atoms with E-state index in [9.17, 15) is 0 Å². The van der Waals surface area contributed by atoms with E-state index < -0.39 is 0 Å². The molecule has 0 radical (unpaired) electrons. The molecule has 0 nitrogen and oxygen atoms in total. The van der Waals surface area contributed by atoms with Gasteiger partial charge >= 0.3 is 41.3 Å². The van der Waals surface area contributed by atoms with Crippen LogP contribution in [0.15, 0.2) is 54.6 Å². The van der Waals surface area contributed by atoms with Crippen LogP contribution in [-0.2, 0) is 30.7 Å². The molecule has 4 rings (SSSR count). The predicted molar refractivity (Wildman–Crippen MR) is 105 cm³/mol. The molecule has 0 aliphatic heterocycles. The Balaban J connectivity index is 0.000000558. The van der Waals surface area contributed by atoms with Crippen LogP contribution in [0.3, 0.4) is 0 Å². The van der Waals surface area contributed by atoms with Gasteiger partial charge in [-0.15, -0.1) is 22.3 Å². The Labute approximate surface area is 191 Å². The van der Waals surface area contributed by atoms with Crippen LogP contribution in [0.1, 0.15) is 61.8 Å². The Morgan fingerprint density at radius 3 is 2.22 bits per heavy atom. The normalized spacial score (nSPS) is 13.3. The molecule has 2 aliphatic carbocycles. The summed E-state index contributed by atoms with van der Waals surface area (Å²) in [7, 11) is 0. The van der Waals surface area contributed by atoms with E-state index in [0.717, 1.165) is 6.42 Å². The first-order chi connectivity index (χ1) is 12.0. The Bertz CT molecular complexity index is 847. The van der Waals surface area contributed by atoms with Gasteiger partial charge in [0.25, 0.3) is 0 Å². The molecule has 2 aliphatic rings. The van der Waals surface area contributed by atoms with E-state index in [1.54, 1.807) is 24.2 Å². The first-order valence-corrected chi connectivity index (χ1v) is 10.2. The molecule has 2 aromatic rings. The van der Waals surface area contributed by atoms with Gasteiger partial charge in [0.1, 0.15) is 0 Å². The summed E-state index contributed by atoms with van der Waals surface area (Å²) >= 11 is 1.55. The molecule has 0 atom stereocenters. The Hall–Kier alpha value is -0.747. The third-order valence-electron chi connectivity index (χ3n) is 4.60. The van der Waals surface area contributed by atoms with Gasteiger partial charge in [-0.2, -0.15) is 12.1 Å². The van der Waals surface area contributed by atoms with Gasteiger partial charge in [-0.1, -0.05) is 79.5 Å². The van der Waals surface area contributed by atoms with Crippen LogP contribution in [0.5, 0.6) is 0 Å². The molecule has 0 bridgehead atoms. The molecule has 2 aromatic carbocycles. The van der Waals surface area contributed by atoms with Crippen molar-refractivity contribution < 1.29 is 49.0 Å². The van der Waals surface area contributed by atoms with Crippen LogP contribution < -0.4 is 24.8 Å². The van der Waals surface area contributed by atoms with Gasteiger partial charge < -0.3 is 24.8 Å². The average molecular weight is 476 g/mol. The summed E-state index contributed by atoms with van der Waals surface area (Å²) in [6.45, 7) is 8.81. The van der Waals surface area contributed by atoms with Gasteiger partial charge in [0.05, 0.1) is 0 Å². The molecule has 0 aromatic heterocycles. The zero-order valence-electron chi connectivity index (χ0n) is 16.3. The molecule has 0 unspecified atom stereocenters. The van der Waals surface area contributed by atoms with Crippen molar-refractivity contribution in [2.45, 2.75) is 46.0 Å². The second kappa shape index (κ2) is 10.7. The molecule has 0 saturated carbocycles. The summed E-state index contributed by atoms with van der Waals surface area (Å²) < 4.78 is 1.51. The molecule has 0 saturated heterocycles. The molecule has 0 spiro atoms. The van der Waals surface area contributed by atoms with Crippen molar-refractivity contribution in [3.8, 4) is 11.1 Å². The second-order valence-electron chi connectivity index (χ2n) is 7.31. The van der Waals surface area contributed by atoms with Crippen LogP contribution in [-0.4, -0.2) is 3.21 Å². The van der Waals surface area contributed by atoms with E-state index >= 15 is 0 Å². The smallest absolute Gasteiger partial charge is 1.00 e. The molecule has 0 amide bonds. The van der Waals surface area contributed by atoms with Crippen molar-refractivity contribution >= 4 is 3.21 Å². The minimum Gasteiger partial charge on any atom is -1.00 e. The molecule has 0 fully saturated rings. The molecular weight excluding hydrogens is 450 g/mol. The second-order valence-corrected chi connectivity index (χ2v) is 9.77. The monoisotopic (exact) mass is 473 g/mol. The van der Waals surface area contributed by atoms with E-state index in [4.69, 9.17) is 0 Å². The van der Waals surface area contributed by atoms with Crippen molar-refractivity contribution in [2.75, 3.05) is 0 Å². The van der Waals surface area contributed by atoms with E-state index in [-0.39, 0.29) is 24.8 Å². The van der Waals surface area contributed by atoms with Gasteiger partial charge in [0.15, 0.2) is 0 Å². The first kappa shape index (κ1) is 24.3. The standard InChI is InChI=1S/C21H19.C3H6.2ClH.Zr/c1-14(2)19-13-21-17(11-16-9-5-6-10-18(16)21)12-20(19)15-7-3-4-8-15;1-3-2;;;/h3-10,13-15H,11H2,1-2H3;1-2H3;2*1H;/q-1;;;;+2/p-2. The fourth-order valence-corrected chi connectivity index (χ4v) is 3.51. The zero-order chi connectivity index (χ0) is 18.0. The number of fused-ring (bicyclic) bond motifs is 3. The number of allylic oxidation sites excluding steroid dienone is 4. The molecular formula is C24H25Cl2Zr-. The molecule has 140 valence electrons. The Kier molecular flexibility index (Phi) is 9.63. The van der Waals surface area contributed by atoms with Gasteiger partial charge in [0, 0.05) is 0 Å². The number of hydrogen-bond acceptors (Lipinski definition) is 0. The maximum absolute atomic E-state index is 3.76. The van der Waals surface area contributed by atoms with Crippen molar-refractivity contribution in [1.29, 1.82) is 0 Å². The van der Waals surface area contributed by atoms with Crippen LogP contribution in [0.2, 0.25) is 0 Å². The van der Waals surface area contributed by atoms with Crippen molar-refractivity contribution in [2.24, 2.45) is 0 Å². The number of benzene rings is 2. The predicted octanol–water partition coefficient (Wildman–Crippen LogP) is 0.144. The Morgan fingerprint density at radius 1 is 1.04 bits per heavy atom.